The largest absolute Gasteiger partial charge is 0.496 e. The predicted molar refractivity (Wildman–Crippen MR) is 81.0 cm³/mol. The number of unbranched alkanes of at least 4 members (excludes halogenated alkanes) is 2. The number of fused-ring (bicyclic) bond motifs is 1. The summed E-state index contributed by atoms with van der Waals surface area (Å²) >= 11 is 0. The number of benzene rings is 1. The lowest BCUT2D eigenvalue weighted by molar-refractivity contribution is 0.419. The number of aromatic nitrogens is 1. The summed E-state index contributed by atoms with van der Waals surface area (Å²) in [6, 6.07) is 7.43. The molecule has 0 bridgehead atoms. The summed E-state index contributed by atoms with van der Waals surface area (Å²) in [6.07, 6.45) is 3.57. The summed E-state index contributed by atoms with van der Waals surface area (Å²) in [5.74, 6) is 0.475. The van der Waals surface area contributed by atoms with Crippen LogP contribution in [-0.4, -0.2) is 20.1 Å². The summed E-state index contributed by atoms with van der Waals surface area (Å²) in [6.45, 7) is 0.623. The van der Waals surface area contributed by atoms with Crippen molar-refractivity contribution in [3.63, 3.8) is 0 Å². The Balaban J connectivity index is 2.51. The Hall–Kier alpha value is -1.71. The maximum absolute atomic E-state index is 11.8. The van der Waals surface area contributed by atoms with Gasteiger partial charge in [-0.1, -0.05) is 6.07 Å². The maximum atomic E-state index is 11.8. The first-order valence-electron chi connectivity index (χ1n) is 6.46. The molecular formula is C14H15ClN2O3S. The van der Waals surface area contributed by atoms with Crippen LogP contribution in [0.3, 0.4) is 0 Å². The Labute approximate surface area is 128 Å². The Kier molecular flexibility index (Phi) is 4.76. The number of methoxy groups -OCH3 is 1. The van der Waals surface area contributed by atoms with E-state index in [0.29, 0.717) is 24.1 Å². The summed E-state index contributed by atoms with van der Waals surface area (Å²) in [7, 11) is 3.16. The maximum Gasteiger partial charge on any atom is 0.263 e. The first kappa shape index (κ1) is 15.7. The molecular weight excluding hydrogens is 312 g/mol. The molecule has 0 saturated carbocycles. The fraction of sp³-hybridized carbons (Fsp3) is 0.357. The lowest BCUT2D eigenvalue weighted by atomic mass is 10.2. The zero-order valence-corrected chi connectivity index (χ0v) is 13.1. The van der Waals surface area contributed by atoms with Gasteiger partial charge in [-0.3, -0.25) is 0 Å². The van der Waals surface area contributed by atoms with Gasteiger partial charge in [0.1, 0.15) is 10.6 Å². The van der Waals surface area contributed by atoms with Crippen LogP contribution in [0, 0.1) is 11.3 Å². The van der Waals surface area contributed by atoms with Crippen LogP contribution >= 0.6 is 10.7 Å². The van der Waals surface area contributed by atoms with E-state index < -0.39 is 9.05 Å². The van der Waals surface area contributed by atoms with Gasteiger partial charge in [-0.15, -0.1) is 0 Å². The van der Waals surface area contributed by atoms with E-state index in [4.69, 9.17) is 20.7 Å². The minimum Gasteiger partial charge on any atom is -0.496 e. The summed E-state index contributed by atoms with van der Waals surface area (Å²) in [5.41, 5.74) is 0.755. The van der Waals surface area contributed by atoms with Crippen LogP contribution in [0.15, 0.2) is 29.3 Å². The van der Waals surface area contributed by atoms with Crippen LogP contribution in [0.1, 0.15) is 19.3 Å². The van der Waals surface area contributed by atoms with Crippen molar-refractivity contribution in [1.29, 1.82) is 5.26 Å². The monoisotopic (exact) mass is 326 g/mol. The zero-order chi connectivity index (χ0) is 15.5. The smallest absolute Gasteiger partial charge is 0.263 e. The second kappa shape index (κ2) is 6.37. The quantitative estimate of drug-likeness (QED) is 0.603. The second-order valence-corrected chi connectivity index (χ2v) is 7.13. The molecule has 0 spiro atoms. The average molecular weight is 327 g/mol. The summed E-state index contributed by atoms with van der Waals surface area (Å²) in [5, 5.41) is 9.04. The molecule has 0 aliphatic rings. The Morgan fingerprint density at radius 3 is 2.76 bits per heavy atom. The van der Waals surface area contributed by atoms with Crippen molar-refractivity contribution in [2.45, 2.75) is 30.7 Å². The van der Waals surface area contributed by atoms with Crippen LogP contribution in [-0.2, 0) is 15.6 Å². The van der Waals surface area contributed by atoms with Crippen molar-refractivity contribution >= 4 is 30.6 Å². The molecule has 0 radical (unpaired) electrons. The molecule has 1 heterocycles. The molecule has 112 valence electrons. The number of rotatable bonds is 6. The van der Waals surface area contributed by atoms with E-state index in [2.05, 4.69) is 6.07 Å². The number of hydrogen-bond acceptors (Lipinski definition) is 4. The average Bonchev–Trinajstić information content (AvgIpc) is 2.82. The minimum atomic E-state index is -3.86. The number of nitrogens with zero attached hydrogens (tertiary/aromatic N) is 2. The van der Waals surface area contributed by atoms with Gasteiger partial charge < -0.3 is 9.30 Å². The minimum absolute atomic E-state index is 0.0527. The Morgan fingerprint density at radius 2 is 2.14 bits per heavy atom. The standard InChI is InChI=1S/C14H15ClN2O3S/c1-20-12-7-5-6-11-14(12)13(21(15,18)19)10-17(11)9-4-2-3-8-16/h5-7,10H,2-4,9H2,1H3. The topological polar surface area (TPSA) is 72.1 Å². The number of aryl methyl sites for hydroxylation is 1. The van der Waals surface area contributed by atoms with Gasteiger partial charge in [-0.25, -0.2) is 8.42 Å². The normalized spacial score (nSPS) is 11.5. The highest BCUT2D eigenvalue weighted by Gasteiger charge is 2.21. The van der Waals surface area contributed by atoms with Gasteiger partial charge in [-0.2, -0.15) is 5.26 Å². The fourth-order valence-electron chi connectivity index (χ4n) is 2.31. The van der Waals surface area contributed by atoms with Crippen molar-refractivity contribution in [3.05, 3.63) is 24.4 Å². The molecule has 0 aliphatic carbocycles. The zero-order valence-electron chi connectivity index (χ0n) is 11.5. The molecule has 2 rings (SSSR count). The first-order valence-corrected chi connectivity index (χ1v) is 8.77. The Bertz CT molecular complexity index is 790. The highest BCUT2D eigenvalue weighted by atomic mass is 35.7. The molecule has 7 heteroatoms. The van der Waals surface area contributed by atoms with Gasteiger partial charge >= 0.3 is 0 Å². The van der Waals surface area contributed by atoms with Crippen molar-refractivity contribution < 1.29 is 13.2 Å². The van der Waals surface area contributed by atoms with Crippen LogP contribution in [0.5, 0.6) is 5.75 Å². The van der Waals surface area contributed by atoms with Crippen molar-refractivity contribution in [3.8, 4) is 11.8 Å². The van der Waals surface area contributed by atoms with Gasteiger partial charge in [0.15, 0.2) is 0 Å². The fourth-order valence-corrected chi connectivity index (χ4v) is 3.36. The molecule has 1 aromatic heterocycles. The third-order valence-electron chi connectivity index (χ3n) is 3.25. The van der Waals surface area contributed by atoms with E-state index in [1.807, 2.05) is 10.6 Å². The number of halogens is 1. The van der Waals surface area contributed by atoms with E-state index in [1.54, 1.807) is 12.1 Å². The Morgan fingerprint density at radius 1 is 1.38 bits per heavy atom. The second-order valence-electron chi connectivity index (χ2n) is 4.59. The molecule has 0 aliphatic heterocycles. The molecule has 0 fully saturated rings. The van der Waals surface area contributed by atoms with Gasteiger partial charge in [0.2, 0.25) is 0 Å². The number of nitriles is 1. The highest BCUT2D eigenvalue weighted by molar-refractivity contribution is 8.14. The molecule has 0 saturated heterocycles. The van der Waals surface area contributed by atoms with Crippen molar-refractivity contribution in [2.75, 3.05) is 7.11 Å². The van der Waals surface area contributed by atoms with E-state index >= 15 is 0 Å². The summed E-state index contributed by atoms with van der Waals surface area (Å²) in [4.78, 5) is 0.0527. The third-order valence-corrected chi connectivity index (χ3v) is 4.59. The van der Waals surface area contributed by atoms with Crippen LogP contribution in [0.25, 0.3) is 10.9 Å². The van der Waals surface area contributed by atoms with Gasteiger partial charge in [-0.05, 0) is 25.0 Å². The van der Waals surface area contributed by atoms with Crippen molar-refractivity contribution in [2.24, 2.45) is 0 Å². The predicted octanol–water partition coefficient (Wildman–Crippen LogP) is 3.27. The molecule has 0 unspecified atom stereocenters. The first-order chi connectivity index (χ1) is 9.99. The van der Waals surface area contributed by atoms with E-state index in [-0.39, 0.29) is 4.90 Å². The van der Waals surface area contributed by atoms with Gasteiger partial charge in [0, 0.05) is 29.8 Å². The molecule has 2 aromatic rings. The lowest BCUT2D eigenvalue weighted by Gasteiger charge is -2.06. The van der Waals surface area contributed by atoms with Crippen LogP contribution in [0.4, 0.5) is 0 Å². The summed E-state index contributed by atoms with van der Waals surface area (Å²) < 4.78 is 30.6. The van der Waals surface area contributed by atoms with E-state index in [0.717, 1.165) is 18.4 Å². The SMILES string of the molecule is COc1cccc2c1c(S(=O)(=O)Cl)cn2CCCCC#N. The lowest BCUT2D eigenvalue weighted by Crippen LogP contribution is -1.96. The molecule has 0 amide bonds. The molecule has 21 heavy (non-hydrogen) atoms. The van der Waals surface area contributed by atoms with E-state index in [9.17, 15) is 8.42 Å². The molecule has 5 nitrogen and oxygen atoms in total. The molecule has 0 atom stereocenters. The molecule has 1 aromatic carbocycles. The molecule has 0 N–H and O–H groups in total. The van der Waals surface area contributed by atoms with E-state index in [1.165, 1.54) is 13.3 Å². The number of ether oxygens (including phenoxy) is 1. The van der Waals surface area contributed by atoms with Gasteiger partial charge in [0.05, 0.1) is 24.1 Å². The van der Waals surface area contributed by atoms with Crippen LogP contribution in [0.2, 0.25) is 0 Å². The third kappa shape index (κ3) is 3.31. The highest BCUT2D eigenvalue weighted by Crippen LogP contribution is 2.35. The van der Waals surface area contributed by atoms with Gasteiger partial charge in [0.25, 0.3) is 9.05 Å². The van der Waals surface area contributed by atoms with Crippen molar-refractivity contribution in [1.82, 2.24) is 4.57 Å². The van der Waals surface area contributed by atoms with Crippen LogP contribution < -0.4 is 4.74 Å². The number of hydrogen-bond donors (Lipinski definition) is 0.